The standard InChI is InChI=1S/C12H22O6S2Si2/c1-21(2,3)11-7-10(20(16,17)18)12(22(4,5)6)8-9(11)19(13,14)15/h7-8H,1-6H3,(H,13,14,15)(H,16,17,18). The van der Waals surface area contributed by atoms with E-state index in [9.17, 15) is 25.9 Å². The molecule has 1 aromatic rings. The molecule has 22 heavy (non-hydrogen) atoms. The van der Waals surface area contributed by atoms with Crippen LogP contribution in [0.25, 0.3) is 0 Å². The van der Waals surface area contributed by atoms with Gasteiger partial charge in [-0.1, -0.05) is 39.3 Å². The van der Waals surface area contributed by atoms with E-state index in [-0.39, 0.29) is 20.2 Å². The maximum Gasteiger partial charge on any atom is 0.294 e. The molecule has 0 bridgehead atoms. The minimum absolute atomic E-state index is 0.253. The first-order valence-corrected chi connectivity index (χ1v) is 16.5. The van der Waals surface area contributed by atoms with E-state index in [2.05, 4.69) is 0 Å². The molecule has 1 rings (SSSR count). The van der Waals surface area contributed by atoms with Gasteiger partial charge in [0.15, 0.2) is 0 Å². The first-order chi connectivity index (χ1) is 9.45. The second-order valence-corrected chi connectivity index (χ2v) is 20.2. The van der Waals surface area contributed by atoms with Crippen LogP contribution in [-0.2, 0) is 20.2 Å². The Morgan fingerprint density at radius 2 is 0.909 bits per heavy atom. The maximum absolute atomic E-state index is 11.7. The molecule has 0 amide bonds. The monoisotopic (exact) mass is 382 g/mol. The van der Waals surface area contributed by atoms with Crippen molar-refractivity contribution in [2.45, 2.75) is 49.1 Å². The number of hydrogen-bond donors (Lipinski definition) is 2. The highest BCUT2D eigenvalue weighted by Crippen LogP contribution is 2.19. The van der Waals surface area contributed by atoms with E-state index in [1.165, 1.54) is 12.1 Å². The van der Waals surface area contributed by atoms with Crippen LogP contribution in [-0.4, -0.2) is 42.1 Å². The van der Waals surface area contributed by atoms with Gasteiger partial charge in [-0.15, -0.1) is 0 Å². The van der Waals surface area contributed by atoms with E-state index in [0.29, 0.717) is 0 Å². The van der Waals surface area contributed by atoms with Crippen molar-refractivity contribution in [3.8, 4) is 0 Å². The summed E-state index contributed by atoms with van der Waals surface area (Å²) in [6.45, 7) is 11.0. The Labute approximate surface area is 134 Å². The van der Waals surface area contributed by atoms with Gasteiger partial charge >= 0.3 is 0 Å². The summed E-state index contributed by atoms with van der Waals surface area (Å²) in [5.41, 5.74) is 0. The molecular weight excluding hydrogens is 360 g/mol. The molecule has 0 aromatic heterocycles. The van der Waals surface area contributed by atoms with Crippen molar-refractivity contribution in [1.82, 2.24) is 0 Å². The van der Waals surface area contributed by atoms with Crippen molar-refractivity contribution in [3.05, 3.63) is 12.1 Å². The van der Waals surface area contributed by atoms with Gasteiger partial charge in [-0.05, 0) is 22.5 Å². The zero-order chi connectivity index (χ0) is 17.7. The molecule has 0 unspecified atom stereocenters. The topological polar surface area (TPSA) is 109 Å². The second-order valence-electron chi connectivity index (χ2n) is 7.29. The predicted molar refractivity (Wildman–Crippen MR) is 92.0 cm³/mol. The molecular formula is C12H22O6S2Si2. The quantitative estimate of drug-likeness (QED) is 0.599. The van der Waals surface area contributed by atoms with Gasteiger partial charge in [0.05, 0.1) is 25.9 Å². The molecule has 6 nitrogen and oxygen atoms in total. The van der Waals surface area contributed by atoms with Crippen LogP contribution >= 0.6 is 0 Å². The molecule has 0 saturated carbocycles. The van der Waals surface area contributed by atoms with Gasteiger partial charge in [0.1, 0.15) is 0 Å². The summed E-state index contributed by atoms with van der Waals surface area (Å²) in [5.74, 6) is 0. The Hall–Kier alpha value is -0.526. The SMILES string of the molecule is C[Si](C)(C)c1cc(S(=O)(=O)O)c([Si](C)(C)C)cc1S(=O)(=O)O. The minimum atomic E-state index is -4.48. The van der Waals surface area contributed by atoms with Crippen molar-refractivity contribution in [3.63, 3.8) is 0 Å². The lowest BCUT2D eigenvalue weighted by Gasteiger charge is -2.26. The summed E-state index contributed by atoms with van der Waals surface area (Å²) < 4.78 is 65.9. The molecule has 126 valence electrons. The number of hydrogen-bond acceptors (Lipinski definition) is 4. The van der Waals surface area contributed by atoms with E-state index < -0.39 is 36.4 Å². The molecule has 0 fully saturated rings. The van der Waals surface area contributed by atoms with Crippen LogP contribution in [0.4, 0.5) is 0 Å². The Morgan fingerprint density at radius 1 is 0.682 bits per heavy atom. The summed E-state index contributed by atoms with van der Waals surface area (Å²) in [6.07, 6.45) is 0. The van der Waals surface area contributed by atoms with Gasteiger partial charge in [-0.25, -0.2) is 0 Å². The first-order valence-electron chi connectivity index (χ1n) is 6.59. The fourth-order valence-corrected chi connectivity index (χ4v) is 8.96. The van der Waals surface area contributed by atoms with Crippen molar-refractivity contribution in [1.29, 1.82) is 0 Å². The molecule has 0 spiro atoms. The molecule has 10 heteroatoms. The van der Waals surface area contributed by atoms with E-state index in [4.69, 9.17) is 0 Å². The molecule has 2 N–H and O–H groups in total. The van der Waals surface area contributed by atoms with Crippen molar-refractivity contribution in [2.24, 2.45) is 0 Å². The van der Waals surface area contributed by atoms with Gasteiger partial charge in [0.25, 0.3) is 20.2 Å². The van der Waals surface area contributed by atoms with E-state index in [1.54, 1.807) is 0 Å². The number of benzene rings is 1. The van der Waals surface area contributed by atoms with E-state index in [0.717, 1.165) is 0 Å². The molecule has 0 atom stereocenters. The number of rotatable bonds is 4. The molecule has 0 aliphatic rings. The van der Waals surface area contributed by atoms with Crippen LogP contribution in [0.5, 0.6) is 0 Å². The van der Waals surface area contributed by atoms with Crippen LogP contribution in [0, 0.1) is 0 Å². The van der Waals surface area contributed by atoms with Gasteiger partial charge in [-0.3, -0.25) is 9.11 Å². The second kappa shape index (κ2) is 5.53. The lowest BCUT2D eigenvalue weighted by Crippen LogP contribution is -2.47. The third-order valence-corrected chi connectivity index (χ3v) is 9.46. The molecule has 0 aliphatic heterocycles. The Kier molecular flexibility index (Phi) is 4.91. The molecule has 1 aromatic carbocycles. The summed E-state index contributed by atoms with van der Waals surface area (Å²) in [7, 11) is -13.5. The Balaban J connectivity index is 4.07. The van der Waals surface area contributed by atoms with Gasteiger partial charge in [-0.2, -0.15) is 16.8 Å². The summed E-state index contributed by atoms with van der Waals surface area (Å²) in [6, 6.07) is 2.44. The molecule has 0 heterocycles. The zero-order valence-corrected chi connectivity index (χ0v) is 17.1. The zero-order valence-electron chi connectivity index (χ0n) is 13.5. The molecule has 0 radical (unpaired) electrons. The normalized spacial score (nSPS) is 14.2. The molecule has 0 aliphatic carbocycles. The first kappa shape index (κ1) is 19.5. The third kappa shape index (κ3) is 4.27. The minimum Gasteiger partial charge on any atom is -0.282 e. The van der Waals surface area contributed by atoms with Crippen molar-refractivity contribution >= 4 is 46.8 Å². The van der Waals surface area contributed by atoms with Crippen LogP contribution in [0.2, 0.25) is 39.3 Å². The van der Waals surface area contributed by atoms with Gasteiger partial charge < -0.3 is 0 Å². The van der Waals surface area contributed by atoms with E-state index in [1.807, 2.05) is 39.3 Å². The van der Waals surface area contributed by atoms with Crippen LogP contribution in [0.1, 0.15) is 0 Å². The summed E-state index contributed by atoms with van der Waals surface area (Å²) in [5, 5.41) is 0.564. The summed E-state index contributed by atoms with van der Waals surface area (Å²) >= 11 is 0. The average Bonchev–Trinajstić information content (AvgIpc) is 2.22. The van der Waals surface area contributed by atoms with Crippen molar-refractivity contribution in [2.75, 3.05) is 0 Å². The van der Waals surface area contributed by atoms with Gasteiger partial charge in [0, 0.05) is 0 Å². The fraction of sp³-hybridized carbons (Fsp3) is 0.500. The molecule has 0 saturated heterocycles. The highest BCUT2D eigenvalue weighted by molar-refractivity contribution is 7.86. The maximum atomic E-state index is 11.7. The highest BCUT2D eigenvalue weighted by atomic mass is 32.2. The smallest absolute Gasteiger partial charge is 0.282 e. The average molecular weight is 383 g/mol. The third-order valence-electron chi connectivity index (χ3n) is 3.25. The van der Waals surface area contributed by atoms with E-state index >= 15 is 0 Å². The predicted octanol–water partition coefficient (Wildman–Crippen LogP) is 1.27. The Morgan fingerprint density at radius 3 is 1.05 bits per heavy atom. The Bertz CT molecular complexity index is 729. The van der Waals surface area contributed by atoms with Crippen LogP contribution < -0.4 is 10.4 Å². The van der Waals surface area contributed by atoms with Crippen LogP contribution in [0.15, 0.2) is 21.9 Å². The summed E-state index contributed by atoms with van der Waals surface area (Å²) in [4.78, 5) is -0.506. The van der Waals surface area contributed by atoms with Crippen LogP contribution in [0.3, 0.4) is 0 Å². The lowest BCUT2D eigenvalue weighted by atomic mass is 10.3. The van der Waals surface area contributed by atoms with Gasteiger partial charge in [0.2, 0.25) is 0 Å². The highest BCUT2D eigenvalue weighted by Gasteiger charge is 2.33. The van der Waals surface area contributed by atoms with Crippen molar-refractivity contribution < 1.29 is 25.9 Å². The fourth-order valence-electron chi connectivity index (χ4n) is 2.16. The lowest BCUT2D eigenvalue weighted by molar-refractivity contribution is 0.479. The largest absolute Gasteiger partial charge is 0.294 e.